The molecular formula is C48H76N6O3. The van der Waals surface area contributed by atoms with E-state index in [1.165, 1.54) is 112 Å². The Morgan fingerprint density at radius 3 is 2.40 bits per heavy atom. The van der Waals surface area contributed by atoms with Gasteiger partial charge in [0.25, 0.3) is 0 Å². The summed E-state index contributed by atoms with van der Waals surface area (Å²) in [5, 5.41) is 16.0. The second kappa shape index (κ2) is 15.2. The van der Waals surface area contributed by atoms with Crippen LogP contribution in [0, 0.1) is 56.7 Å². The van der Waals surface area contributed by atoms with Gasteiger partial charge in [-0.05, 0) is 190 Å². The van der Waals surface area contributed by atoms with Crippen molar-refractivity contribution < 1.29 is 14.3 Å². The number of ether oxygens (including phenoxy) is 2. The van der Waals surface area contributed by atoms with Crippen LogP contribution in [0.15, 0.2) is 35.5 Å². The zero-order valence-electron chi connectivity index (χ0n) is 37.1. The quantitative estimate of drug-likeness (QED) is 0.175. The molecule has 1 unspecified atom stereocenters. The molecule has 0 bridgehead atoms. The van der Waals surface area contributed by atoms with Gasteiger partial charge in [0.05, 0.1) is 6.61 Å². The summed E-state index contributed by atoms with van der Waals surface area (Å²) in [7, 11) is 1.75. The van der Waals surface area contributed by atoms with Crippen molar-refractivity contribution in [2.24, 2.45) is 63.7 Å². The number of carbonyl (C=O) groups excluding carboxylic acids is 1. The standard InChI is InChI=1S/C48H76N6O3/c1-10-56-41(55)47(32-57-42-50-51-52-53(42)9)23-16-34(17-24-47)36-19-21-44(6)38(43(36,4)5)20-22-46(8)39(44)15-14-37-40-35(33(2)3)18-25-48(40,27-26-45(37,46)7)49-28-31-54-29-12-11-13-30-54/h16,19,35,37-40,49H,2,10-15,17-18,20-32H2,1,3-9H3/t35-,37+,38-,39+,40+,44-,45+,46+,47?,48-/m0/s1. The summed E-state index contributed by atoms with van der Waals surface area (Å²) in [6.45, 7) is 27.7. The molecule has 1 aromatic rings. The minimum absolute atomic E-state index is 0.0547. The first-order valence-corrected chi connectivity index (χ1v) is 23.2. The molecule has 0 spiro atoms. The van der Waals surface area contributed by atoms with Crippen LogP contribution in [0.4, 0.5) is 0 Å². The highest BCUT2D eigenvalue weighted by Gasteiger charge is 2.70. The van der Waals surface area contributed by atoms with Crippen LogP contribution in [0.2, 0.25) is 0 Å². The van der Waals surface area contributed by atoms with Crippen molar-refractivity contribution in [1.29, 1.82) is 0 Å². The highest BCUT2D eigenvalue weighted by atomic mass is 16.5. The van der Waals surface area contributed by atoms with E-state index in [4.69, 9.17) is 9.47 Å². The molecule has 1 aromatic heterocycles. The van der Waals surface area contributed by atoms with E-state index < -0.39 is 5.41 Å². The maximum absolute atomic E-state index is 13.5. The monoisotopic (exact) mass is 785 g/mol. The third kappa shape index (κ3) is 6.61. The van der Waals surface area contributed by atoms with E-state index in [0.717, 1.165) is 31.2 Å². The predicted octanol–water partition coefficient (Wildman–Crippen LogP) is 9.27. The minimum atomic E-state index is -0.747. The number of allylic oxidation sites excluding steroid dienone is 5. The molecule has 4 saturated carbocycles. The zero-order chi connectivity index (χ0) is 40.4. The zero-order valence-corrected chi connectivity index (χ0v) is 37.1. The lowest BCUT2D eigenvalue weighted by Crippen LogP contribution is -2.68. The van der Waals surface area contributed by atoms with Crippen molar-refractivity contribution in [3.63, 3.8) is 0 Å². The number of hydrogen-bond donors (Lipinski definition) is 1. The van der Waals surface area contributed by atoms with E-state index in [1.54, 1.807) is 7.05 Å². The molecule has 316 valence electrons. The van der Waals surface area contributed by atoms with Crippen molar-refractivity contribution in [3.05, 3.63) is 35.5 Å². The highest BCUT2D eigenvalue weighted by Crippen LogP contribution is 2.76. The van der Waals surface area contributed by atoms with Crippen LogP contribution in [0.1, 0.15) is 145 Å². The minimum Gasteiger partial charge on any atom is -0.465 e. The first-order chi connectivity index (χ1) is 27.1. The summed E-state index contributed by atoms with van der Waals surface area (Å²) >= 11 is 0. The third-order valence-corrected chi connectivity index (χ3v) is 18.7. The number of fused-ring (bicyclic) bond motifs is 7. The van der Waals surface area contributed by atoms with Crippen LogP contribution in [0.3, 0.4) is 0 Å². The normalized spacial score (nSPS) is 41.4. The van der Waals surface area contributed by atoms with E-state index in [1.807, 2.05) is 6.92 Å². The third-order valence-electron chi connectivity index (χ3n) is 18.7. The Hall–Kier alpha value is -2.52. The maximum Gasteiger partial charge on any atom is 0.335 e. The number of carbonyl (C=O) groups is 1. The van der Waals surface area contributed by atoms with Gasteiger partial charge in [0, 0.05) is 25.7 Å². The summed E-state index contributed by atoms with van der Waals surface area (Å²) in [5.41, 5.74) is 4.90. The van der Waals surface area contributed by atoms with Gasteiger partial charge in [-0.25, -0.2) is 0 Å². The van der Waals surface area contributed by atoms with E-state index in [2.05, 4.69) is 86.0 Å². The van der Waals surface area contributed by atoms with Crippen LogP contribution in [0.5, 0.6) is 6.01 Å². The Labute approximate surface area is 344 Å². The topological polar surface area (TPSA) is 94.4 Å². The smallest absolute Gasteiger partial charge is 0.335 e. The number of hydrogen-bond acceptors (Lipinski definition) is 8. The Balaban J connectivity index is 1.03. The lowest BCUT2D eigenvalue weighted by Gasteiger charge is -2.72. The molecule has 0 aromatic carbocycles. The molecule has 1 N–H and O–H groups in total. The Morgan fingerprint density at radius 1 is 0.930 bits per heavy atom. The number of aromatic nitrogens is 4. The van der Waals surface area contributed by atoms with Gasteiger partial charge in [-0.2, -0.15) is 4.68 Å². The first-order valence-electron chi connectivity index (χ1n) is 23.2. The summed E-state index contributed by atoms with van der Waals surface area (Å²) in [4.78, 5) is 16.2. The van der Waals surface area contributed by atoms with Gasteiger partial charge < -0.3 is 19.7 Å². The van der Waals surface area contributed by atoms with Crippen LogP contribution in [0.25, 0.3) is 0 Å². The van der Waals surface area contributed by atoms with Crippen LogP contribution in [-0.2, 0) is 16.6 Å². The van der Waals surface area contributed by atoms with Crippen molar-refractivity contribution in [3.8, 4) is 6.01 Å². The molecule has 9 nitrogen and oxygen atoms in total. The van der Waals surface area contributed by atoms with E-state index in [9.17, 15) is 4.79 Å². The van der Waals surface area contributed by atoms with Crippen molar-refractivity contribution in [1.82, 2.24) is 30.4 Å². The summed E-state index contributed by atoms with van der Waals surface area (Å²) in [6, 6.07) is 0.322. The van der Waals surface area contributed by atoms with Crippen LogP contribution < -0.4 is 10.1 Å². The van der Waals surface area contributed by atoms with Crippen molar-refractivity contribution in [2.45, 2.75) is 150 Å². The van der Waals surface area contributed by atoms with Gasteiger partial charge in [-0.3, -0.25) is 4.79 Å². The van der Waals surface area contributed by atoms with E-state index in [0.29, 0.717) is 54.0 Å². The Morgan fingerprint density at radius 2 is 1.72 bits per heavy atom. The maximum atomic E-state index is 13.5. The average Bonchev–Trinajstić information content (AvgIpc) is 3.78. The molecule has 10 atom stereocenters. The number of nitrogens with zero attached hydrogens (tertiary/aromatic N) is 5. The molecule has 2 heterocycles. The van der Waals surface area contributed by atoms with Gasteiger partial charge in [-0.15, -0.1) is 0 Å². The Kier molecular flexibility index (Phi) is 11.0. The van der Waals surface area contributed by atoms with E-state index in [-0.39, 0.29) is 28.9 Å². The van der Waals surface area contributed by atoms with Gasteiger partial charge >= 0.3 is 12.0 Å². The molecule has 0 radical (unpaired) electrons. The van der Waals surface area contributed by atoms with Crippen LogP contribution in [-0.4, -0.2) is 76.0 Å². The fraction of sp³-hybridized carbons (Fsp3) is 0.833. The second-order valence-electron chi connectivity index (χ2n) is 21.5. The fourth-order valence-electron chi connectivity index (χ4n) is 15.6. The molecule has 6 aliphatic carbocycles. The van der Waals surface area contributed by atoms with Gasteiger partial charge in [-0.1, -0.05) is 70.4 Å². The van der Waals surface area contributed by atoms with Crippen molar-refractivity contribution >= 4 is 5.97 Å². The SMILES string of the molecule is C=C(C)[C@@H]1CC[C@]2(NCCN3CCCCC3)CC[C@]3(C)[C@H](CC[C@@H]4[C@@]5(C)CC=C(C6=CCC(COc7nnnn7C)(C(=O)OCC)CC6)C(C)(C)[C@@H]5CC[C@]43C)[C@@H]12. The number of esters is 1. The molecule has 0 amide bonds. The molecule has 7 aliphatic rings. The van der Waals surface area contributed by atoms with Gasteiger partial charge in [0.15, 0.2) is 0 Å². The lowest BCUT2D eigenvalue weighted by molar-refractivity contribution is -0.221. The molecule has 8 rings (SSSR count). The average molecular weight is 785 g/mol. The predicted molar refractivity (Wildman–Crippen MR) is 226 cm³/mol. The lowest BCUT2D eigenvalue weighted by atomic mass is 9.33. The summed E-state index contributed by atoms with van der Waals surface area (Å²) in [5.74, 6) is 3.26. The second-order valence-corrected chi connectivity index (χ2v) is 21.5. The number of nitrogens with one attached hydrogen (secondary N) is 1. The fourth-order valence-corrected chi connectivity index (χ4v) is 15.6. The molecule has 9 heteroatoms. The van der Waals surface area contributed by atoms with E-state index >= 15 is 0 Å². The molecular weight excluding hydrogens is 709 g/mol. The number of piperidine rings is 1. The Bertz CT molecular complexity index is 1740. The summed E-state index contributed by atoms with van der Waals surface area (Å²) < 4.78 is 13.2. The first kappa shape index (κ1) is 41.2. The largest absolute Gasteiger partial charge is 0.465 e. The molecule has 1 aliphatic heterocycles. The number of tetrazole rings is 1. The summed E-state index contributed by atoms with van der Waals surface area (Å²) in [6.07, 6.45) is 23.1. The van der Waals surface area contributed by atoms with Crippen molar-refractivity contribution in [2.75, 3.05) is 39.4 Å². The van der Waals surface area contributed by atoms with Gasteiger partial charge in [0.1, 0.15) is 12.0 Å². The molecule has 57 heavy (non-hydrogen) atoms. The molecule has 5 fully saturated rings. The van der Waals surface area contributed by atoms with Crippen LogP contribution >= 0.6 is 0 Å². The molecule has 1 saturated heterocycles. The van der Waals surface area contributed by atoms with Gasteiger partial charge in [0.2, 0.25) is 0 Å². The number of aryl methyl sites for hydroxylation is 1. The number of likely N-dealkylation sites (tertiary alicyclic amines) is 1. The number of rotatable bonds is 11. The highest BCUT2D eigenvalue weighted by molar-refractivity contribution is 5.78.